The fourth-order valence-electron chi connectivity index (χ4n) is 2.52. The van der Waals surface area contributed by atoms with Gasteiger partial charge in [-0.2, -0.15) is 0 Å². The molecular weight excluding hydrogens is 234 g/mol. The van der Waals surface area contributed by atoms with E-state index in [9.17, 15) is 5.11 Å². The predicted octanol–water partition coefficient (Wildman–Crippen LogP) is 3.07. The van der Waals surface area contributed by atoms with Gasteiger partial charge < -0.3 is 10.4 Å². The second-order valence-corrected chi connectivity index (χ2v) is 5.94. The summed E-state index contributed by atoms with van der Waals surface area (Å²) in [4.78, 5) is 0. The van der Waals surface area contributed by atoms with E-state index in [0.717, 1.165) is 31.7 Å². The highest BCUT2D eigenvalue weighted by atomic mass is 16.3. The molecule has 1 aliphatic rings. The molecule has 0 heterocycles. The van der Waals surface area contributed by atoms with Gasteiger partial charge in [-0.3, -0.25) is 0 Å². The summed E-state index contributed by atoms with van der Waals surface area (Å²) in [5, 5.41) is 13.3. The Labute approximate surface area is 117 Å². The quantitative estimate of drug-likeness (QED) is 0.754. The van der Waals surface area contributed by atoms with Crippen molar-refractivity contribution in [2.24, 2.45) is 5.92 Å². The van der Waals surface area contributed by atoms with Gasteiger partial charge >= 0.3 is 0 Å². The first-order chi connectivity index (χ1) is 9.19. The average Bonchev–Trinajstić information content (AvgIpc) is 3.24. The standard InChI is InChI=1S/C17H27NO/c1-3-16(19)10-11-18-17(15-8-9-15)12-14-6-4-13(2)5-7-14/h4-7,15-19H,3,8-12H2,1-2H3. The maximum atomic E-state index is 9.61. The highest BCUT2D eigenvalue weighted by Crippen LogP contribution is 2.34. The van der Waals surface area contributed by atoms with Crippen LogP contribution in [-0.4, -0.2) is 23.8 Å². The number of rotatable bonds is 8. The third kappa shape index (κ3) is 4.96. The number of hydrogen-bond acceptors (Lipinski definition) is 2. The van der Waals surface area contributed by atoms with Crippen LogP contribution in [0.5, 0.6) is 0 Å². The van der Waals surface area contributed by atoms with E-state index in [-0.39, 0.29) is 6.10 Å². The van der Waals surface area contributed by atoms with Crippen molar-refractivity contribution in [2.75, 3.05) is 6.54 Å². The van der Waals surface area contributed by atoms with Crippen LogP contribution >= 0.6 is 0 Å². The second kappa shape index (κ2) is 7.06. The highest BCUT2D eigenvalue weighted by Gasteiger charge is 2.30. The van der Waals surface area contributed by atoms with Gasteiger partial charge in [0.15, 0.2) is 0 Å². The van der Waals surface area contributed by atoms with E-state index in [2.05, 4.69) is 36.5 Å². The summed E-state index contributed by atoms with van der Waals surface area (Å²) in [6.45, 7) is 5.10. The molecule has 0 amide bonds. The van der Waals surface area contributed by atoms with Crippen molar-refractivity contribution in [1.29, 1.82) is 0 Å². The topological polar surface area (TPSA) is 32.3 Å². The van der Waals surface area contributed by atoms with Crippen LogP contribution in [0.25, 0.3) is 0 Å². The molecule has 1 fully saturated rings. The minimum absolute atomic E-state index is 0.147. The number of hydrogen-bond donors (Lipinski definition) is 2. The molecule has 0 saturated heterocycles. The van der Waals surface area contributed by atoms with Crippen LogP contribution in [0.15, 0.2) is 24.3 Å². The first kappa shape index (κ1) is 14.5. The Morgan fingerprint density at radius 1 is 1.26 bits per heavy atom. The molecule has 2 rings (SSSR count). The van der Waals surface area contributed by atoms with Crippen LogP contribution in [0.3, 0.4) is 0 Å². The molecule has 19 heavy (non-hydrogen) atoms. The fourth-order valence-corrected chi connectivity index (χ4v) is 2.52. The molecule has 0 aromatic heterocycles. The Hall–Kier alpha value is -0.860. The molecule has 1 aromatic carbocycles. The molecule has 1 aliphatic carbocycles. The summed E-state index contributed by atoms with van der Waals surface area (Å²) in [6.07, 6.45) is 5.42. The van der Waals surface area contributed by atoms with Crippen LogP contribution in [0.1, 0.15) is 43.7 Å². The SMILES string of the molecule is CCC(O)CCNC(Cc1ccc(C)cc1)C1CC1. The molecule has 2 N–H and O–H groups in total. The van der Waals surface area contributed by atoms with Gasteiger partial charge in [0.05, 0.1) is 6.10 Å². The zero-order valence-corrected chi connectivity index (χ0v) is 12.2. The van der Waals surface area contributed by atoms with Crippen molar-refractivity contribution in [3.05, 3.63) is 35.4 Å². The van der Waals surface area contributed by atoms with Gasteiger partial charge in [-0.05, 0) is 57.1 Å². The number of aliphatic hydroxyl groups is 1. The maximum absolute atomic E-state index is 9.61. The zero-order chi connectivity index (χ0) is 13.7. The molecule has 1 aromatic rings. The third-order valence-electron chi connectivity index (χ3n) is 4.12. The molecule has 0 spiro atoms. The summed E-state index contributed by atoms with van der Waals surface area (Å²) in [7, 11) is 0. The summed E-state index contributed by atoms with van der Waals surface area (Å²) < 4.78 is 0. The molecular formula is C17H27NO. The van der Waals surface area contributed by atoms with E-state index < -0.39 is 0 Å². The lowest BCUT2D eigenvalue weighted by molar-refractivity contribution is 0.158. The first-order valence-corrected chi connectivity index (χ1v) is 7.66. The Kier molecular flexibility index (Phi) is 5.41. The van der Waals surface area contributed by atoms with Crippen LogP contribution in [0, 0.1) is 12.8 Å². The second-order valence-electron chi connectivity index (χ2n) is 5.94. The molecule has 2 atom stereocenters. The first-order valence-electron chi connectivity index (χ1n) is 7.66. The summed E-state index contributed by atoms with van der Waals surface area (Å²) in [6, 6.07) is 9.47. The Bertz CT molecular complexity index is 369. The third-order valence-corrected chi connectivity index (χ3v) is 4.12. The van der Waals surface area contributed by atoms with Gasteiger partial charge in [-0.15, -0.1) is 0 Å². The lowest BCUT2D eigenvalue weighted by Gasteiger charge is -2.19. The van der Waals surface area contributed by atoms with Crippen molar-refractivity contribution < 1.29 is 5.11 Å². The minimum Gasteiger partial charge on any atom is -0.393 e. The van der Waals surface area contributed by atoms with Crippen LogP contribution < -0.4 is 5.32 Å². The Morgan fingerprint density at radius 3 is 2.53 bits per heavy atom. The molecule has 0 aliphatic heterocycles. The van der Waals surface area contributed by atoms with Gasteiger partial charge in [-0.25, -0.2) is 0 Å². The molecule has 106 valence electrons. The average molecular weight is 261 g/mol. The van der Waals surface area contributed by atoms with Gasteiger partial charge in [0.25, 0.3) is 0 Å². The van der Waals surface area contributed by atoms with E-state index >= 15 is 0 Å². The van der Waals surface area contributed by atoms with E-state index in [1.807, 2.05) is 6.92 Å². The molecule has 2 unspecified atom stereocenters. The Morgan fingerprint density at radius 2 is 1.95 bits per heavy atom. The highest BCUT2D eigenvalue weighted by molar-refractivity contribution is 5.22. The number of aryl methyl sites for hydroxylation is 1. The predicted molar refractivity (Wildman–Crippen MR) is 80.3 cm³/mol. The van der Waals surface area contributed by atoms with Crippen molar-refractivity contribution in [1.82, 2.24) is 5.32 Å². The fraction of sp³-hybridized carbons (Fsp3) is 0.647. The van der Waals surface area contributed by atoms with E-state index in [1.165, 1.54) is 24.0 Å². The summed E-state index contributed by atoms with van der Waals surface area (Å²) in [5.74, 6) is 0.847. The van der Waals surface area contributed by atoms with E-state index in [1.54, 1.807) is 0 Å². The van der Waals surface area contributed by atoms with Crippen molar-refractivity contribution >= 4 is 0 Å². The molecule has 0 bridgehead atoms. The van der Waals surface area contributed by atoms with Gasteiger partial charge in [0.2, 0.25) is 0 Å². The number of nitrogens with one attached hydrogen (secondary N) is 1. The Balaban J connectivity index is 1.81. The monoisotopic (exact) mass is 261 g/mol. The minimum atomic E-state index is -0.147. The van der Waals surface area contributed by atoms with Gasteiger partial charge in [0.1, 0.15) is 0 Å². The maximum Gasteiger partial charge on any atom is 0.0549 e. The number of aliphatic hydroxyl groups excluding tert-OH is 1. The van der Waals surface area contributed by atoms with E-state index in [0.29, 0.717) is 6.04 Å². The lowest BCUT2D eigenvalue weighted by Crippen LogP contribution is -2.35. The van der Waals surface area contributed by atoms with Crippen molar-refractivity contribution in [3.63, 3.8) is 0 Å². The molecule has 2 heteroatoms. The zero-order valence-electron chi connectivity index (χ0n) is 12.2. The van der Waals surface area contributed by atoms with Gasteiger partial charge in [-0.1, -0.05) is 36.8 Å². The molecule has 2 nitrogen and oxygen atoms in total. The van der Waals surface area contributed by atoms with Crippen LogP contribution in [-0.2, 0) is 6.42 Å². The van der Waals surface area contributed by atoms with Crippen molar-refractivity contribution in [3.8, 4) is 0 Å². The number of benzene rings is 1. The molecule has 0 radical (unpaired) electrons. The van der Waals surface area contributed by atoms with Crippen molar-refractivity contribution in [2.45, 2.75) is 58.1 Å². The summed E-state index contributed by atoms with van der Waals surface area (Å²) >= 11 is 0. The smallest absolute Gasteiger partial charge is 0.0549 e. The van der Waals surface area contributed by atoms with Gasteiger partial charge in [0, 0.05) is 6.04 Å². The molecule has 1 saturated carbocycles. The van der Waals surface area contributed by atoms with Crippen LogP contribution in [0.2, 0.25) is 0 Å². The largest absolute Gasteiger partial charge is 0.393 e. The lowest BCUT2D eigenvalue weighted by atomic mass is 10.0. The summed E-state index contributed by atoms with van der Waals surface area (Å²) in [5.41, 5.74) is 2.75. The van der Waals surface area contributed by atoms with E-state index in [4.69, 9.17) is 0 Å². The normalized spacial score (nSPS) is 18.3. The van der Waals surface area contributed by atoms with Crippen LogP contribution in [0.4, 0.5) is 0 Å².